The molecule has 0 fully saturated rings. The summed E-state index contributed by atoms with van der Waals surface area (Å²) >= 11 is 0. The van der Waals surface area contributed by atoms with Crippen LogP contribution in [-0.2, 0) is 10.0 Å². The average Bonchev–Trinajstić information content (AvgIpc) is 2.24. The third-order valence-corrected chi connectivity index (χ3v) is 2.37. The van der Waals surface area contributed by atoms with Gasteiger partial charge in [0.05, 0.1) is 11.9 Å². The fourth-order valence-electron chi connectivity index (χ4n) is 1.17. The van der Waals surface area contributed by atoms with Crippen molar-refractivity contribution in [2.24, 2.45) is 0 Å². The van der Waals surface area contributed by atoms with Crippen molar-refractivity contribution in [2.45, 2.75) is 13.3 Å². The Labute approximate surface area is 102 Å². The molecular weight excluding hydrogens is 238 g/mol. The van der Waals surface area contributed by atoms with Crippen LogP contribution in [0, 0.1) is 11.8 Å². The maximum absolute atomic E-state index is 11.1. The fourth-order valence-corrected chi connectivity index (χ4v) is 1.73. The van der Waals surface area contributed by atoms with Crippen LogP contribution in [0.4, 0.5) is 5.69 Å². The molecule has 1 N–H and O–H groups in total. The number of benzene rings is 1. The highest BCUT2D eigenvalue weighted by molar-refractivity contribution is 7.92. The van der Waals surface area contributed by atoms with E-state index >= 15 is 0 Å². The van der Waals surface area contributed by atoms with Crippen LogP contribution in [-0.4, -0.2) is 21.3 Å². The van der Waals surface area contributed by atoms with Crippen molar-refractivity contribution in [3.63, 3.8) is 0 Å². The first-order valence-corrected chi connectivity index (χ1v) is 7.07. The molecule has 4 nitrogen and oxygen atoms in total. The number of rotatable bonds is 4. The Kier molecular flexibility index (Phi) is 4.85. The summed E-state index contributed by atoms with van der Waals surface area (Å²) in [6.45, 7) is 2.20. The van der Waals surface area contributed by atoms with Crippen molar-refractivity contribution < 1.29 is 13.2 Å². The van der Waals surface area contributed by atoms with Gasteiger partial charge in [-0.2, -0.15) is 0 Å². The first-order valence-electron chi connectivity index (χ1n) is 5.18. The molecule has 5 heteroatoms. The predicted molar refractivity (Wildman–Crippen MR) is 68.5 cm³/mol. The third-order valence-electron chi connectivity index (χ3n) is 1.78. The molecule has 0 aromatic heterocycles. The summed E-state index contributed by atoms with van der Waals surface area (Å²) in [5.41, 5.74) is 0.424. The van der Waals surface area contributed by atoms with Gasteiger partial charge in [0.15, 0.2) is 0 Å². The number of ether oxygens (including phenoxy) is 1. The molecule has 0 radical (unpaired) electrons. The molecule has 0 saturated heterocycles. The zero-order valence-corrected chi connectivity index (χ0v) is 10.7. The normalized spacial score (nSPS) is 10.2. The molecule has 0 saturated carbocycles. The van der Waals surface area contributed by atoms with E-state index in [9.17, 15) is 8.42 Å². The lowest BCUT2D eigenvalue weighted by Gasteiger charge is -2.09. The molecule has 0 aliphatic carbocycles. The van der Waals surface area contributed by atoms with Crippen LogP contribution in [0.1, 0.15) is 13.3 Å². The Bertz CT molecular complexity index is 526. The van der Waals surface area contributed by atoms with Gasteiger partial charge in [0.1, 0.15) is 12.4 Å². The zero-order chi connectivity index (χ0) is 12.7. The number of nitrogens with one attached hydrogen (secondary N) is 1. The number of hydrogen-bond donors (Lipinski definition) is 1. The molecule has 0 spiro atoms. The molecule has 0 aliphatic rings. The highest BCUT2D eigenvalue weighted by atomic mass is 32.2. The van der Waals surface area contributed by atoms with E-state index in [0.717, 1.165) is 12.7 Å². The lowest BCUT2D eigenvalue weighted by atomic mass is 10.3. The largest absolute Gasteiger partial charge is 0.479 e. The van der Waals surface area contributed by atoms with Gasteiger partial charge in [-0.25, -0.2) is 8.42 Å². The van der Waals surface area contributed by atoms with Gasteiger partial charge in [-0.05, 0) is 12.1 Å². The predicted octanol–water partition coefficient (Wildman–Crippen LogP) is 1.85. The molecule has 0 bridgehead atoms. The Hall–Kier alpha value is -1.67. The SMILES string of the molecule is CCC#CCOc1ccccc1NS(C)(=O)=O. The minimum atomic E-state index is -3.30. The zero-order valence-electron chi connectivity index (χ0n) is 9.86. The van der Waals surface area contributed by atoms with E-state index < -0.39 is 10.0 Å². The van der Waals surface area contributed by atoms with Crippen molar-refractivity contribution in [1.82, 2.24) is 0 Å². The molecule has 92 valence electrons. The van der Waals surface area contributed by atoms with Crippen molar-refractivity contribution in [2.75, 3.05) is 17.6 Å². The highest BCUT2D eigenvalue weighted by Gasteiger charge is 2.06. The first kappa shape index (κ1) is 13.4. The quantitative estimate of drug-likeness (QED) is 0.833. The van der Waals surface area contributed by atoms with Gasteiger partial charge in [0, 0.05) is 6.42 Å². The van der Waals surface area contributed by atoms with Crippen LogP contribution >= 0.6 is 0 Å². The monoisotopic (exact) mass is 253 g/mol. The molecule has 0 heterocycles. The van der Waals surface area contributed by atoms with Gasteiger partial charge in [-0.1, -0.05) is 25.0 Å². The van der Waals surface area contributed by atoms with Crippen molar-refractivity contribution in [1.29, 1.82) is 0 Å². The third kappa shape index (κ3) is 5.27. The van der Waals surface area contributed by atoms with Crippen LogP contribution in [0.15, 0.2) is 24.3 Å². The molecule has 17 heavy (non-hydrogen) atoms. The van der Waals surface area contributed by atoms with Crippen LogP contribution in [0.2, 0.25) is 0 Å². The summed E-state index contributed by atoms with van der Waals surface area (Å²) in [5, 5.41) is 0. The molecule has 0 amide bonds. The van der Waals surface area contributed by atoms with Crippen LogP contribution < -0.4 is 9.46 Å². The second kappa shape index (κ2) is 6.16. The number of hydrogen-bond acceptors (Lipinski definition) is 3. The van der Waals surface area contributed by atoms with Gasteiger partial charge in [0.2, 0.25) is 10.0 Å². The highest BCUT2D eigenvalue weighted by Crippen LogP contribution is 2.24. The minimum absolute atomic E-state index is 0.246. The van der Waals surface area contributed by atoms with Crippen molar-refractivity contribution in [3.05, 3.63) is 24.3 Å². The lowest BCUT2D eigenvalue weighted by Crippen LogP contribution is -2.10. The van der Waals surface area contributed by atoms with Crippen LogP contribution in [0.3, 0.4) is 0 Å². The summed E-state index contributed by atoms with van der Waals surface area (Å²) in [6.07, 6.45) is 1.87. The van der Waals surface area contributed by atoms with E-state index in [1.807, 2.05) is 6.92 Å². The topological polar surface area (TPSA) is 55.4 Å². The van der Waals surface area contributed by atoms with E-state index in [-0.39, 0.29) is 6.61 Å². The minimum Gasteiger partial charge on any atom is -0.479 e. The van der Waals surface area contributed by atoms with E-state index in [0.29, 0.717) is 11.4 Å². The molecule has 1 rings (SSSR count). The second-order valence-electron chi connectivity index (χ2n) is 3.37. The molecule has 0 aliphatic heterocycles. The smallest absolute Gasteiger partial charge is 0.229 e. The molecule has 1 aromatic carbocycles. The fraction of sp³-hybridized carbons (Fsp3) is 0.333. The molecule has 1 aromatic rings. The van der Waals surface area contributed by atoms with E-state index in [1.54, 1.807) is 24.3 Å². The standard InChI is InChI=1S/C12H15NO3S/c1-3-4-7-10-16-12-9-6-5-8-11(12)13-17(2,14)15/h5-6,8-9,13H,3,10H2,1-2H3. The number of para-hydroxylation sites is 2. The molecule has 0 atom stereocenters. The Morgan fingerprint density at radius 2 is 2.00 bits per heavy atom. The van der Waals surface area contributed by atoms with E-state index in [4.69, 9.17) is 4.74 Å². The summed E-state index contributed by atoms with van der Waals surface area (Å²) < 4.78 is 30.0. The van der Waals surface area contributed by atoms with Gasteiger partial charge in [-0.15, -0.1) is 5.92 Å². The number of sulfonamides is 1. The second-order valence-corrected chi connectivity index (χ2v) is 5.11. The van der Waals surface area contributed by atoms with Crippen molar-refractivity contribution >= 4 is 15.7 Å². The van der Waals surface area contributed by atoms with Crippen LogP contribution in [0.5, 0.6) is 5.75 Å². The summed E-state index contributed by atoms with van der Waals surface area (Å²) in [7, 11) is -3.30. The van der Waals surface area contributed by atoms with Gasteiger partial charge in [0.25, 0.3) is 0 Å². The summed E-state index contributed by atoms with van der Waals surface area (Å²) in [4.78, 5) is 0. The van der Waals surface area contributed by atoms with Gasteiger partial charge < -0.3 is 4.74 Å². The first-order chi connectivity index (χ1) is 8.03. The molecular formula is C12H15NO3S. The lowest BCUT2D eigenvalue weighted by molar-refractivity contribution is 0.372. The van der Waals surface area contributed by atoms with E-state index in [2.05, 4.69) is 16.6 Å². The van der Waals surface area contributed by atoms with Gasteiger partial charge >= 0.3 is 0 Å². The maximum atomic E-state index is 11.1. The number of anilines is 1. The Balaban J connectivity index is 2.78. The average molecular weight is 253 g/mol. The Morgan fingerprint density at radius 1 is 1.29 bits per heavy atom. The van der Waals surface area contributed by atoms with Crippen molar-refractivity contribution in [3.8, 4) is 17.6 Å². The van der Waals surface area contributed by atoms with Crippen LogP contribution in [0.25, 0.3) is 0 Å². The molecule has 0 unspecified atom stereocenters. The Morgan fingerprint density at radius 3 is 2.65 bits per heavy atom. The van der Waals surface area contributed by atoms with Gasteiger partial charge in [-0.3, -0.25) is 4.72 Å². The summed E-state index contributed by atoms with van der Waals surface area (Å²) in [5.74, 6) is 6.17. The summed E-state index contributed by atoms with van der Waals surface area (Å²) in [6, 6.07) is 6.85. The maximum Gasteiger partial charge on any atom is 0.229 e. The van der Waals surface area contributed by atoms with E-state index in [1.165, 1.54) is 0 Å².